The maximum absolute atomic E-state index is 12.3. The molecule has 0 aromatic carbocycles. The number of hydrogen-bond donors (Lipinski definition) is 2. The lowest BCUT2D eigenvalue weighted by Gasteiger charge is -2.19. The van der Waals surface area contributed by atoms with Crippen LogP contribution in [0.4, 0.5) is 22.0 Å². The minimum absolute atomic E-state index is 0.419. The number of aliphatic hydroxyl groups is 1. The van der Waals surface area contributed by atoms with Crippen molar-refractivity contribution in [3.63, 3.8) is 0 Å². The Kier molecular flexibility index (Phi) is 4.44. The highest BCUT2D eigenvalue weighted by atomic mass is 19.4. The van der Waals surface area contributed by atoms with Gasteiger partial charge in [-0.2, -0.15) is 22.0 Å². The van der Waals surface area contributed by atoms with Crippen molar-refractivity contribution < 1.29 is 31.9 Å². The van der Waals surface area contributed by atoms with Gasteiger partial charge >= 0.3 is 12.1 Å². The van der Waals surface area contributed by atoms with Crippen molar-refractivity contribution in [2.24, 2.45) is 5.92 Å². The van der Waals surface area contributed by atoms with Gasteiger partial charge in [0.1, 0.15) is 0 Å². The minimum Gasteiger partial charge on any atom is -0.396 e. The highest BCUT2D eigenvalue weighted by molar-refractivity contribution is 5.84. The molecule has 1 unspecified atom stereocenters. The number of carbonyl (C=O) groups excluding carboxylic acids is 1. The third kappa shape index (κ3) is 3.61. The van der Waals surface area contributed by atoms with Crippen LogP contribution in [-0.4, -0.2) is 36.3 Å². The Morgan fingerprint density at radius 2 is 1.80 bits per heavy atom. The molecule has 15 heavy (non-hydrogen) atoms. The van der Waals surface area contributed by atoms with E-state index in [0.717, 1.165) is 0 Å². The predicted molar refractivity (Wildman–Crippen MR) is 40.3 cm³/mol. The Balaban J connectivity index is 4.33. The molecule has 0 aromatic heterocycles. The number of rotatable bonds is 4. The van der Waals surface area contributed by atoms with E-state index >= 15 is 0 Å². The highest BCUT2D eigenvalue weighted by Gasteiger charge is 2.63. The van der Waals surface area contributed by atoms with Gasteiger partial charge in [-0.05, 0) is 5.92 Å². The molecule has 0 aliphatic rings. The van der Waals surface area contributed by atoms with Crippen LogP contribution in [0.15, 0.2) is 0 Å². The van der Waals surface area contributed by atoms with Crippen LogP contribution in [0.2, 0.25) is 0 Å². The molecule has 0 heterocycles. The topological polar surface area (TPSA) is 49.3 Å². The van der Waals surface area contributed by atoms with Gasteiger partial charge in [0, 0.05) is 13.2 Å². The van der Waals surface area contributed by atoms with Crippen LogP contribution in [0.5, 0.6) is 0 Å². The molecule has 0 saturated carbocycles. The average Bonchev–Trinajstić information content (AvgIpc) is 2.11. The summed E-state index contributed by atoms with van der Waals surface area (Å²) in [4.78, 5) is 10.5. The van der Waals surface area contributed by atoms with E-state index in [0.29, 0.717) is 0 Å². The fourth-order valence-corrected chi connectivity index (χ4v) is 0.571. The molecule has 0 aliphatic carbocycles. The maximum atomic E-state index is 12.3. The Morgan fingerprint density at radius 1 is 1.33 bits per heavy atom. The van der Waals surface area contributed by atoms with Crippen LogP contribution < -0.4 is 5.32 Å². The number of halogens is 5. The van der Waals surface area contributed by atoms with Crippen molar-refractivity contribution in [1.82, 2.24) is 5.32 Å². The lowest BCUT2D eigenvalue weighted by atomic mass is 10.2. The van der Waals surface area contributed by atoms with Crippen LogP contribution in [0.1, 0.15) is 6.92 Å². The van der Waals surface area contributed by atoms with Crippen molar-refractivity contribution in [2.45, 2.75) is 19.0 Å². The van der Waals surface area contributed by atoms with Crippen LogP contribution in [0, 0.1) is 5.92 Å². The zero-order chi connectivity index (χ0) is 12.3. The summed E-state index contributed by atoms with van der Waals surface area (Å²) in [6.45, 7) is 0.519. The van der Waals surface area contributed by atoms with Gasteiger partial charge in [0.15, 0.2) is 0 Å². The summed E-state index contributed by atoms with van der Waals surface area (Å²) in [6, 6.07) is 0. The van der Waals surface area contributed by atoms with Gasteiger partial charge in [0.2, 0.25) is 0 Å². The zero-order valence-electron chi connectivity index (χ0n) is 7.74. The molecule has 0 radical (unpaired) electrons. The smallest absolute Gasteiger partial charge is 0.396 e. The van der Waals surface area contributed by atoms with Crippen LogP contribution in [0.25, 0.3) is 0 Å². The molecular weight excluding hydrogens is 225 g/mol. The van der Waals surface area contributed by atoms with E-state index in [4.69, 9.17) is 5.11 Å². The second kappa shape index (κ2) is 4.73. The normalized spacial score (nSPS) is 14.9. The number of amides is 1. The minimum atomic E-state index is -5.90. The molecule has 0 rings (SSSR count). The van der Waals surface area contributed by atoms with E-state index in [1.165, 1.54) is 12.2 Å². The lowest BCUT2D eigenvalue weighted by molar-refractivity contribution is -0.269. The van der Waals surface area contributed by atoms with Gasteiger partial charge in [0.25, 0.3) is 5.91 Å². The maximum Gasteiger partial charge on any atom is 0.463 e. The number of carbonyl (C=O) groups is 1. The Hall–Kier alpha value is -0.920. The Labute approximate surface area is 82.3 Å². The van der Waals surface area contributed by atoms with Crippen LogP contribution >= 0.6 is 0 Å². The molecule has 8 heteroatoms. The Morgan fingerprint density at radius 3 is 2.13 bits per heavy atom. The molecule has 0 saturated heterocycles. The molecule has 90 valence electrons. The first-order valence-corrected chi connectivity index (χ1v) is 3.96. The molecule has 1 amide bonds. The van der Waals surface area contributed by atoms with Crippen molar-refractivity contribution in [3.8, 4) is 0 Å². The fourth-order valence-electron chi connectivity index (χ4n) is 0.571. The van der Waals surface area contributed by atoms with Gasteiger partial charge in [-0.3, -0.25) is 4.79 Å². The summed E-state index contributed by atoms with van der Waals surface area (Å²) >= 11 is 0. The summed E-state index contributed by atoms with van der Waals surface area (Å²) in [5, 5.41) is 9.86. The summed E-state index contributed by atoms with van der Waals surface area (Å²) in [7, 11) is 0. The quantitative estimate of drug-likeness (QED) is 0.712. The van der Waals surface area contributed by atoms with Gasteiger partial charge < -0.3 is 10.4 Å². The van der Waals surface area contributed by atoms with Crippen molar-refractivity contribution in [2.75, 3.05) is 13.2 Å². The number of hydrogen-bond acceptors (Lipinski definition) is 2. The first-order valence-electron chi connectivity index (χ1n) is 3.96. The molecule has 0 aliphatic heterocycles. The summed E-state index contributed by atoms with van der Waals surface area (Å²) < 4.78 is 59.4. The van der Waals surface area contributed by atoms with E-state index in [1.807, 2.05) is 0 Å². The van der Waals surface area contributed by atoms with Gasteiger partial charge in [-0.15, -0.1) is 0 Å². The van der Waals surface area contributed by atoms with Gasteiger partial charge in [0.05, 0.1) is 0 Å². The van der Waals surface area contributed by atoms with Gasteiger partial charge in [-0.1, -0.05) is 6.92 Å². The zero-order valence-corrected chi connectivity index (χ0v) is 7.74. The third-order valence-corrected chi connectivity index (χ3v) is 1.56. The molecule has 0 bridgehead atoms. The SMILES string of the molecule is CC(CO)CNC(=O)C(F)(F)C(F)(F)F. The average molecular weight is 235 g/mol. The summed E-state index contributed by atoms with van der Waals surface area (Å²) in [5.41, 5.74) is 0. The standard InChI is InChI=1S/C7H10F5NO2/c1-4(3-14)2-13-5(15)6(8,9)7(10,11)12/h4,14H,2-3H2,1H3,(H,13,15). The largest absolute Gasteiger partial charge is 0.463 e. The first kappa shape index (κ1) is 14.1. The predicted octanol–water partition coefficient (Wildman–Crippen LogP) is 0.929. The second-order valence-electron chi connectivity index (χ2n) is 3.07. The molecule has 2 N–H and O–H groups in total. The number of alkyl halides is 5. The monoisotopic (exact) mass is 235 g/mol. The van der Waals surface area contributed by atoms with E-state index in [2.05, 4.69) is 0 Å². The first-order chi connectivity index (χ1) is 6.63. The molecule has 3 nitrogen and oxygen atoms in total. The molecule has 0 spiro atoms. The molecule has 0 fully saturated rings. The Bertz CT molecular complexity index is 228. The van der Waals surface area contributed by atoms with Crippen molar-refractivity contribution in [1.29, 1.82) is 0 Å². The number of nitrogens with one attached hydrogen (secondary N) is 1. The molecular formula is C7H10F5NO2. The summed E-state index contributed by atoms with van der Waals surface area (Å²) in [6.07, 6.45) is -5.90. The van der Waals surface area contributed by atoms with E-state index in [9.17, 15) is 26.7 Å². The van der Waals surface area contributed by atoms with Crippen molar-refractivity contribution in [3.05, 3.63) is 0 Å². The second-order valence-corrected chi connectivity index (χ2v) is 3.07. The van der Waals surface area contributed by atoms with Gasteiger partial charge in [-0.25, -0.2) is 0 Å². The van der Waals surface area contributed by atoms with Crippen molar-refractivity contribution >= 4 is 5.91 Å². The third-order valence-electron chi connectivity index (χ3n) is 1.56. The molecule has 0 aromatic rings. The molecule has 1 atom stereocenters. The number of aliphatic hydroxyl groups excluding tert-OH is 1. The summed E-state index contributed by atoms with van der Waals surface area (Å²) in [5.74, 6) is -8.39. The van der Waals surface area contributed by atoms with E-state index < -0.39 is 37.1 Å². The lowest BCUT2D eigenvalue weighted by Crippen LogP contribution is -2.51. The fraction of sp³-hybridized carbons (Fsp3) is 0.857. The highest BCUT2D eigenvalue weighted by Crippen LogP contribution is 2.35. The van der Waals surface area contributed by atoms with E-state index in [1.54, 1.807) is 0 Å². The van der Waals surface area contributed by atoms with Crippen LogP contribution in [-0.2, 0) is 4.79 Å². The van der Waals surface area contributed by atoms with Crippen LogP contribution in [0.3, 0.4) is 0 Å². The van der Waals surface area contributed by atoms with E-state index in [-0.39, 0.29) is 0 Å².